The van der Waals surface area contributed by atoms with Gasteiger partial charge in [-0.3, -0.25) is 9.59 Å². The maximum absolute atomic E-state index is 12.8. The summed E-state index contributed by atoms with van der Waals surface area (Å²) in [5.41, 5.74) is 0.453. The zero-order valence-electron chi connectivity index (χ0n) is 33.4. The molecule has 52 heavy (non-hydrogen) atoms. The van der Waals surface area contributed by atoms with Crippen molar-refractivity contribution in [3.8, 4) is 0 Å². The van der Waals surface area contributed by atoms with Crippen LogP contribution in [0.1, 0.15) is 161 Å². The second-order valence-corrected chi connectivity index (χ2v) is 16.8. The van der Waals surface area contributed by atoms with E-state index in [2.05, 4.69) is 36.1 Å². The molecule has 0 N–H and O–H groups in total. The minimum absolute atomic E-state index is 0.0324. The number of carbonyl (C=O) groups excluding carboxylic acids is 3. The van der Waals surface area contributed by atoms with Crippen molar-refractivity contribution in [2.45, 2.75) is 161 Å². The van der Waals surface area contributed by atoms with E-state index in [4.69, 9.17) is 18.9 Å². The number of rotatable bonds is 30. The Bertz CT molecular complexity index is 1020. The number of carbonyl (C=O) groups is 3. The van der Waals surface area contributed by atoms with Crippen LogP contribution in [0.2, 0.25) is 0 Å². The summed E-state index contributed by atoms with van der Waals surface area (Å²) in [5.74, 6) is 1.80. The number of unbranched alkanes of at least 4 members (excludes halogenated alkanes) is 10. The largest absolute Gasteiger partial charge is 0.508 e. The second-order valence-electron chi connectivity index (χ2n) is 16.8. The molecular weight excluding hydrogens is 654 g/mol. The molecule has 0 radical (unpaired) electrons. The van der Waals surface area contributed by atoms with Crippen LogP contribution in [0.5, 0.6) is 0 Å². The summed E-state index contributed by atoms with van der Waals surface area (Å²) in [4.78, 5) is 39.6. The first-order valence-corrected chi connectivity index (χ1v) is 21.3. The van der Waals surface area contributed by atoms with Crippen molar-refractivity contribution < 1.29 is 33.3 Å². The molecule has 4 rings (SSSR count). The predicted octanol–water partition coefficient (Wildman–Crippen LogP) is 10.8. The Morgan fingerprint density at radius 1 is 0.635 bits per heavy atom. The van der Waals surface area contributed by atoms with E-state index >= 15 is 0 Å². The van der Waals surface area contributed by atoms with E-state index in [1.54, 1.807) is 0 Å². The van der Waals surface area contributed by atoms with E-state index in [1.807, 2.05) is 14.1 Å². The van der Waals surface area contributed by atoms with Crippen molar-refractivity contribution in [1.82, 2.24) is 4.90 Å². The Labute approximate surface area is 317 Å². The first-order valence-electron chi connectivity index (χ1n) is 21.3. The van der Waals surface area contributed by atoms with Gasteiger partial charge in [0.1, 0.15) is 19.8 Å². The molecule has 4 aliphatic carbocycles. The SMILES string of the molecule is CCCCC/C=C\C/C=C\CCCCCCCCC(=O)OCC(COC(=O)CCCC12CC3CC(CC(C3)C1)C2)COC(=O)OCCCCN(C)C. The number of allylic oxidation sites excluding steroid dienone is 4. The van der Waals surface area contributed by atoms with Gasteiger partial charge in [-0.1, -0.05) is 69.8 Å². The molecule has 0 amide bonds. The third kappa shape index (κ3) is 19.6. The van der Waals surface area contributed by atoms with Gasteiger partial charge < -0.3 is 23.8 Å². The Hall–Kier alpha value is -2.35. The normalized spacial score (nSPS) is 22.7. The van der Waals surface area contributed by atoms with E-state index in [9.17, 15) is 14.4 Å². The summed E-state index contributed by atoms with van der Waals surface area (Å²) < 4.78 is 21.8. The van der Waals surface area contributed by atoms with Crippen LogP contribution in [0.3, 0.4) is 0 Å². The van der Waals surface area contributed by atoms with Gasteiger partial charge in [0, 0.05) is 12.8 Å². The lowest BCUT2D eigenvalue weighted by Crippen LogP contribution is -2.45. The maximum Gasteiger partial charge on any atom is 0.508 e. The zero-order valence-corrected chi connectivity index (χ0v) is 33.4. The summed E-state index contributed by atoms with van der Waals surface area (Å²) in [6, 6.07) is 0. The van der Waals surface area contributed by atoms with Gasteiger partial charge >= 0.3 is 18.1 Å². The monoisotopic (exact) mass is 730 g/mol. The molecule has 4 fully saturated rings. The fraction of sp³-hybridized carbons (Fsp3) is 0.841. The standard InChI is InChI=1S/C44H75NO7/c1-4-5-6-7-8-9-10-11-12-13-14-15-16-17-18-19-23-41(46)50-34-40(36-52-43(48)49-27-21-20-26-45(2)3)35-51-42(47)24-22-25-44-31-37-28-38(32-44)30-39(29-37)33-44/h8-9,11-12,37-40H,4-7,10,13-36H2,1-3H3/b9-8-,12-11-. The lowest BCUT2D eigenvalue weighted by molar-refractivity contribution is -0.150. The van der Waals surface area contributed by atoms with Crippen molar-refractivity contribution in [3.05, 3.63) is 24.3 Å². The molecule has 0 heterocycles. The van der Waals surface area contributed by atoms with Crippen LogP contribution >= 0.6 is 0 Å². The third-order valence-corrected chi connectivity index (χ3v) is 11.5. The van der Waals surface area contributed by atoms with E-state index in [1.165, 1.54) is 83.5 Å². The molecule has 1 unspecified atom stereocenters. The van der Waals surface area contributed by atoms with Crippen LogP contribution in [0, 0.1) is 29.1 Å². The number of hydrogen-bond donors (Lipinski definition) is 0. The first-order chi connectivity index (χ1) is 25.3. The highest BCUT2D eigenvalue weighted by molar-refractivity contribution is 5.69. The lowest BCUT2D eigenvalue weighted by atomic mass is 9.48. The van der Waals surface area contributed by atoms with Gasteiger partial charge in [-0.05, 0) is 147 Å². The van der Waals surface area contributed by atoms with Crippen molar-refractivity contribution >= 4 is 18.1 Å². The van der Waals surface area contributed by atoms with E-state index in [-0.39, 0.29) is 31.8 Å². The minimum Gasteiger partial charge on any atom is -0.465 e. The molecule has 0 spiro atoms. The van der Waals surface area contributed by atoms with Gasteiger partial charge in [0.2, 0.25) is 0 Å². The molecule has 0 aromatic rings. The van der Waals surface area contributed by atoms with Crippen LogP contribution in [-0.2, 0) is 28.5 Å². The molecule has 0 aromatic carbocycles. The fourth-order valence-corrected chi connectivity index (χ4v) is 9.08. The summed E-state index contributed by atoms with van der Waals surface area (Å²) in [7, 11) is 4.02. The topological polar surface area (TPSA) is 91.4 Å². The average molecular weight is 730 g/mol. The zero-order chi connectivity index (χ0) is 37.3. The van der Waals surface area contributed by atoms with Crippen LogP contribution in [-0.4, -0.2) is 70.1 Å². The first kappa shape index (κ1) is 44.0. The molecule has 0 saturated heterocycles. The van der Waals surface area contributed by atoms with Crippen molar-refractivity contribution in [2.24, 2.45) is 29.1 Å². The molecule has 4 bridgehead atoms. The third-order valence-electron chi connectivity index (χ3n) is 11.5. The Balaban J connectivity index is 1.27. The molecule has 0 aliphatic heterocycles. The van der Waals surface area contributed by atoms with Gasteiger partial charge in [-0.25, -0.2) is 4.79 Å². The smallest absolute Gasteiger partial charge is 0.465 e. The maximum atomic E-state index is 12.8. The second kappa shape index (κ2) is 26.4. The molecule has 8 heteroatoms. The van der Waals surface area contributed by atoms with Gasteiger partial charge in [-0.15, -0.1) is 0 Å². The van der Waals surface area contributed by atoms with Gasteiger partial charge in [0.25, 0.3) is 0 Å². The van der Waals surface area contributed by atoms with Crippen molar-refractivity contribution in [1.29, 1.82) is 0 Å². The molecular formula is C44H75NO7. The van der Waals surface area contributed by atoms with Gasteiger partial charge in [0.15, 0.2) is 0 Å². The highest BCUT2D eigenvalue weighted by atomic mass is 16.7. The highest BCUT2D eigenvalue weighted by Gasteiger charge is 2.50. The number of nitrogens with zero attached hydrogens (tertiary/aromatic N) is 1. The molecule has 8 nitrogen and oxygen atoms in total. The van der Waals surface area contributed by atoms with E-state index < -0.39 is 12.1 Å². The molecule has 0 aromatic heterocycles. The predicted molar refractivity (Wildman–Crippen MR) is 209 cm³/mol. The summed E-state index contributed by atoms with van der Waals surface area (Å²) in [6.45, 7) is 3.51. The van der Waals surface area contributed by atoms with Crippen LogP contribution in [0.15, 0.2) is 24.3 Å². The average Bonchev–Trinajstić information content (AvgIpc) is 3.10. The van der Waals surface area contributed by atoms with E-state index in [0.29, 0.717) is 24.9 Å². The molecule has 1 atom stereocenters. The molecule has 4 saturated carbocycles. The number of esters is 2. The van der Waals surface area contributed by atoms with Crippen LogP contribution in [0.4, 0.5) is 4.79 Å². The Morgan fingerprint density at radius 3 is 1.77 bits per heavy atom. The molecule has 4 aliphatic rings. The highest BCUT2D eigenvalue weighted by Crippen LogP contribution is 2.61. The number of hydrogen-bond acceptors (Lipinski definition) is 8. The molecule has 298 valence electrons. The summed E-state index contributed by atoms with van der Waals surface area (Å²) >= 11 is 0. The summed E-state index contributed by atoms with van der Waals surface area (Å²) in [6.07, 6.45) is 34.9. The Kier molecular flexibility index (Phi) is 22.4. The van der Waals surface area contributed by atoms with Gasteiger partial charge in [-0.2, -0.15) is 0 Å². The van der Waals surface area contributed by atoms with Crippen LogP contribution < -0.4 is 0 Å². The Morgan fingerprint density at radius 2 is 1.17 bits per heavy atom. The van der Waals surface area contributed by atoms with Crippen molar-refractivity contribution in [2.75, 3.05) is 47.1 Å². The summed E-state index contributed by atoms with van der Waals surface area (Å²) in [5, 5.41) is 0. The van der Waals surface area contributed by atoms with Crippen molar-refractivity contribution in [3.63, 3.8) is 0 Å². The van der Waals surface area contributed by atoms with E-state index in [0.717, 1.165) is 82.1 Å². The van der Waals surface area contributed by atoms with Gasteiger partial charge in [0.05, 0.1) is 12.5 Å². The minimum atomic E-state index is -0.746. The number of ether oxygens (including phenoxy) is 4. The fourth-order valence-electron chi connectivity index (χ4n) is 9.08. The quantitative estimate of drug-likeness (QED) is 0.0312. The lowest BCUT2D eigenvalue weighted by Gasteiger charge is -2.57. The van der Waals surface area contributed by atoms with Crippen LogP contribution in [0.25, 0.3) is 0 Å².